The third-order valence-electron chi connectivity index (χ3n) is 3.70. The minimum atomic E-state index is -0.936. The molecule has 0 amide bonds. The maximum atomic E-state index is 11.3. The SMILES string of the molecule is COc1cc(Br)cc(CNc2cccc(C(=O)O)c2C)c1OC(C)C. The van der Waals surface area contributed by atoms with Crippen LogP contribution in [0.4, 0.5) is 5.69 Å². The Kier molecular flexibility index (Phi) is 6.31. The lowest BCUT2D eigenvalue weighted by atomic mass is 10.1. The van der Waals surface area contributed by atoms with Crippen molar-refractivity contribution in [3.8, 4) is 11.5 Å². The van der Waals surface area contributed by atoms with Crippen LogP contribution < -0.4 is 14.8 Å². The second-order valence-electron chi connectivity index (χ2n) is 5.90. The summed E-state index contributed by atoms with van der Waals surface area (Å²) in [7, 11) is 1.60. The van der Waals surface area contributed by atoms with Gasteiger partial charge in [-0.15, -0.1) is 0 Å². The van der Waals surface area contributed by atoms with Crippen LogP contribution in [0.2, 0.25) is 0 Å². The Bertz CT molecular complexity index is 774. The smallest absolute Gasteiger partial charge is 0.336 e. The third-order valence-corrected chi connectivity index (χ3v) is 4.16. The minimum absolute atomic E-state index is 0.00546. The summed E-state index contributed by atoms with van der Waals surface area (Å²) < 4.78 is 12.2. The Hall–Kier alpha value is -2.21. The molecular weight excluding hydrogens is 386 g/mol. The molecule has 2 rings (SSSR count). The maximum Gasteiger partial charge on any atom is 0.336 e. The van der Waals surface area contributed by atoms with Gasteiger partial charge in [-0.05, 0) is 50.6 Å². The molecule has 0 saturated heterocycles. The van der Waals surface area contributed by atoms with Crippen LogP contribution in [-0.2, 0) is 6.54 Å². The van der Waals surface area contributed by atoms with Crippen molar-refractivity contribution in [1.82, 2.24) is 0 Å². The third kappa shape index (κ3) is 4.66. The number of nitrogens with one attached hydrogen (secondary N) is 1. The average Bonchev–Trinajstić information content (AvgIpc) is 2.54. The van der Waals surface area contributed by atoms with Gasteiger partial charge in [0.2, 0.25) is 0 Å². The zero-order valence-electron chi connectivity index (χ0n) is 14.7. The molecule has 0 heterocycles. The van der Waals surface area contributed by atoms with E-state index in [1.54, 1.807) is 26.2 Å². The summed E-state index contributed by atoms with van der Waals surface area (Å²) in [6, 6.07) is 9.01. The fourth-order valence-corrected chi connectivity index (χ4v) is 3.01. The van der Waals surface area contributed by atoms with Gasteiger partial charge in [-0.25, -0.2) is 4.79 Å². The molecule has 0 aromatic heterocycles. The molecule has 0 saturated carbocycles. The fourth-order valence-electron chi connectivity index (χ4n) is 2.52. The molecule has 0 radical (unpaired) electrons. The van der Waals surface area contributed by atoms with Crippen LogP contribution in [0.15, 0.2) is 34.8 Å². The van der Waals surface area contributed by atoms with Crippen molar-refractivity contribution in [2.24, 2.45) is 0 Å². The highest BCUT2D eigenvalue weighted by molar-refractivity contribution is 9.10. The minimum Gasteiger partial charge on any atom is -0.493 e. The van der Waals surface area contributed by atoms with Gasteiger partial charge in [-0.3, -0.25) is 0 Å². The summed E-state index contributed by atoms with van der Waals surface area (Å²) in [6.45, 7) is 6.18. The molecule has 2 aromatic carbocycles. The first kappa shape index (κ1) is 19.1. The van der Waals surface area contributed by atoms with E-state index in [2.05, 4.69) is 21.2 Å². The molecule has 0 aliphatic carbocycles. The van der Waals surface area contributed by atoms with Crippen molar-refractivity contribution in [3.63, 3.8) is 0 Å². The van der Waals surface area contributed by atoms with Gasteiger partial charge in [0.05, 0.1) is 18.8 Å². The normalized spacial score (nSPS) is 10.6. The summed E-state index contributed by atoms with van der Waals surface area (Å²) in [4.78, 5) is 11.3. The molecule has 0 spiro atoms. The lowest BCUT2D eigenvalue weighted by Gasteiger charge is -2.19. The lowest BCUT2D eigenvalue weighted by molar-refractivity contribution is 0.0696. The second kappa shape index (κ2) is 8.25. The van der Waals surface area contributed by atoms with Gasteiger partial charge in [0, 0.05) is 22.3 Å². The molecule has 0 aliphatic rings. The highest BCUT2D eigenvalue weighted by Crippen LogP contribution is 2.36. The first-order valence-corrected chi connectivity index (χ1v) is 8.72. The van der Waals surface area contributed by atoms with E-state index >= 15 is 0 Å². The van der Waals surface area contributed by atoms with Gasteiger partial charge in [0.1, 0.15) is 0 Å². The molecule has 0 aliphatic heterocycles. The van der Waals surface area contributed by atoms with Gasteiger partial charge in [-0.1, -0.05) is 22.0 Å². The van der Waals surface area contributed by atoms with Crippen molar-refractivity contribution in [2.45, 2.75) is 33.4 Å². The zero-order valence-corrected chi connectivity index (χ0v) is 16.3. The van der Waals surface area contributed by atoms with E-state index in [-0.39, 0.29) is 11.7 Å². The second-order valence-corrected chi connectivity index (χ2v) is 6.82. The molecule has 0 bridgehead atoms. The first-order chi connectivity index (χ1) is 11.8. The molecule has 25 heavy (non-hydrogen) atoms. The van der Waals surface area contributed by atoms with E-state index < -0.39 is 5.97 Å². The number of carboxylic acids is 1. The van der Waals surface area contributed by atoms with Gasteiger partial charge in [0.25, 0.3) is 0 Å². The molecule has 2 aromatic rings. The van der Waals surface area contributed by atoms with Crippen molar-refractivity contribution in [3.05, 3.63) is 51.5 Å². The number of carboxylic acid groups (broad SMARTS) is 1. The van der Waals surface area contributed by atoms with E-state index in [4.69, 9.17) is 9.47 Å². The number of rotatable bonds is 7. The molecule has 134 valence electrons. The number of anilines is 1. The van der Waals surface area contributed by atoms with E-state index in [0.29, 0.717) is 23.6 Å². The predicted octanol–water partition coefficient (Wildman–Crippen LogP) is 4.86. The molecular formula is C19H22BrNO4. The monoisotopic (exact) mass is 407 g/mol. The van der Waals surface area contributed by atoms with Crippen LogP contribution in [0.3, 0.4) is 0 Å². The highest BCUT2D eigenvalue weighted by atomic mass is 79.9. The van der Waals surface area contributed by atoms with Crippen molar-refractivity contribution in [1.29, 1.82) is 0 Å². The Morgan fingerprint density at radius 2 is 2.04 bits per heavy atom. The Labute approximate surface area is 156 Å². The first-order valence-electron chi connectivity index (χ1n) is 7.93. The number of ether oxygens (including phenoxy) is 2. The number of halogens is 1. The zero-order chi connectivity index (χ0) is 18.6. The Balaban J connectivity index is 2.33. The van der Waals surface area contributed by atoms with Crippen LogP contribution in [0.1, 0.15) is 35.3 Å². The number of benzene rings is 2. The Morgan fingerprint density at radius 3 is 2.64 bits per heavy atom. The van der Waals surface area contributed by atoms with Crippen LogP contribution in [0, 0.1) is 6.92 Å². The average molecular weight is 408 g/mol. The van der Waals surface area contributed by atoms with Crippen molar-refractivity contribution >= 4 is 27.6 Å². The van der Waals surface area contributed by atoms with Crippen molar-refractivity contribution < 1.29 is 19.4 Å². The molecule has 5 nitrogen and oxygen atoms in total. The van der Waals surface area contributed by atoms with Crippen LogP contribution in [0.5, 0.6) is 11.5 Å². The van der Waals surface area contributed by atoms with Gasteiger partial charge in [0.15, 0.2) is 11.5 Å². The number of methoxy groups -OCH3 is 1. The van der Waals surface area contributed by atoms with Crippen molar-refractivity contribution in [2.75, 3.05) is 12.4 Å². The summed E-state index contributed by atoms with van der Waals surface area (Å²) in [5.74, 6) is 0.394. The highest BCUT2D eigenvalue weighted by Gasteiger charge is 2.15. The van der Waals surface area contributed by atoms with Crippen LogP contribution in [-0.4, -0.2) is 24.3 Å². The number of hydrogen-bond acceptors (Lipinski definition) is 4. The molecule has 0 unspecified atom stereocenters. The standard InChI is InChI=1S/C19H22BrNO4/c1-11(2)25-18-13(8-14(20)9-17(18)24-4)10-21-16-7-5-6-15(12(16)3)19(22)23/h5-9,11,21H,10H2,1-4H3,(H,22,23). The fraction of sp³-hybridized carbons (Fsp3) is 0.316. The summed E-state index contributed by atoms with van der Waals surface area (Å²) in [5, 5.41) is 12.5. The van der Waals surface area contributed by atoms with E-state index in [1.807, 2.05) is 32.0 Å². The number of aromatic carboxylic acids is 1. The topological polar surface area (TPSA) is 67.8 Å². The Morgan fingerprint density at radius 1 is 1.32 bits per heavy atom. The number of carbonyl (C=O) groups is 1. The summed E-state index contributed by atoms with van der Waals surface area (Å²) in [6.07, 6.45) is 0.00546. The van der Waals surface area contributed by atoms with Crippen LogP contribution in [0.25, 0.3) is 0 Å². The van der Waals surface area contributed by atoms with Gasteiger partial charge in [-0.2, -0.15) is 0 Å². The lowest BCUT2D eigenvalue weighted by Crippen LogP contribution is -2.11. The number of hydrogen-bond donors (Lipinski definition) is 2. The predicted molar refractivity (Wildman–Crippen MR) is 102 cm³/mol. The maximum absolute atomic E-state index is 11.3. The van der Waals surface area contributed by atoms with E-state index in [9.17, 15) is 9.90 Å². The van der Waals surface area contributed by atoms with Gasteiger partial charge < -0.3 is 19.9 Å². The van der Waals surface area contributed by atoms with Crippen LogP contribution >= 0.6 is 15.9 Å². The molecule has 2 N–H and O–H groups in total. The van der Waals surface area contributed by atoms with Gasteiger partial charge >= 0.3 is 5.97 Å². The molecule has 6 heteroatoms. The summed E-state index contributed by atoms with van der Waals surface area (Å²) in [5.41, 5.74) is 2.67. The molecule has 0 fully saturated rings. The molecule has 0 atom stereocenters. The van der Waals surface area contributed by atoms with E-state index in [0.717, 1.165) is 15.7 Å². The quantitative estimate of drug-likeness (QED) is 0.685. The van der Waals surface area contributed by atoms with E-state index in [1.165, 1.54) is 0 Å². The summed E-state index contributed by atoms with van der Waals surface area (Å²) >= 11 is 3.48. The largest absolute Gasteiger partial charge is 0.493 e.